The molecule has 0 aliphatic heterocycles. The smallest absolute Gasteiger partial charge is 0.0616 e. The molecule has 0 aromatic heterocycles. The first-order chi connectivity index (χ1) is 26.2. The summed E-state index contributed by atoms with van der Waals surface area (Å²) in [5.41, 5.74) is 5.67. The second-order valence-corrected chi connectivity index (χ2v) is 24.4. The lowest BCUT2D eigenvalue weighted by molar-refractivity contribution is -0.0927. The molecule has 0 unspecified atom stereocenters. The molecule has 55 heavy (non-hydrogen) atoms. The van der Waals surface area contributed by atoms with Crippen LogP contribution in [0.15, 0.2) is 23.3 Å². The van der Waals surface area contributed by atoms with E-state index in [9.17, 15) is 0 Å². The minimum atomic E-state index is 0.428. The third-order valence-electron chi connectivity index (χ3n) is 20.9. The van der Waals surface area contributed by atoms with E-state index in [4.69, 9.17) is 4.74 Å². The summed E-state index contributed by atoms with van der Waals surface area (Å²) in [6.07, 6.45) is 37.7. The first-order valence-corrected chi connectivity index (χ1v) is 25.2. The lowest BCUT2D eigenvalue weighted by Gasteiger charge is -2.59. The molecule has 0 amide bonds. The van der Waals surface area contributed by atoms with E-state index in [0.29, 0.717) is 33.9 Å². The van der Waals surface area contributed by atoms with E-state index in [1.54, 1.807) is 0 Å². The Kier molecular flexibility index (Phi) is 11.8. The van der Waals surface area contributed by atoms with Crippen molar-refractivity contribution in [1.82, 2.24) is 0 Å². The van der Waals surface area contributed by atoms with E-state index in [1.165, 1.54) is 141 Å². The molecule has 16 atom stereocenters. The average Bonchev–Trinajstić information content (AvgIpc) is 3.68. The summed E-state index contributed by atoms with van der Waals surface area (Å²) in [4.78, 5) is 0. The number of hydrogen-bond donors (Lipinski definition) is 0. The van der Waals surface area contributed by atoms with E-state index in [1.807, 2.05) is 11.1 Å². The largest absolute Gasteiger partial charge is 0.374 e. The molecule has 8 aliphatic carbocycles. The maximum absolute atomic E-state index is 7.26. The second kappa shape index (κ2) is 15.8. The van der Waals surface area contributed by atoms with Crippen LogP contribution in [0.2, 0.25) is 0 Å². The Labute approximate surface area is 342 Å². The van der Waals surface area contributed by atoms with Crippen molar-refractivity contribution in [3.8, 4) is 0 Å². The van der Waals surface area contributed by atoms with Gasteiger partial charge in [-0.15, -0.1) is 0 Å². The van der Waals surface area contributed by atoms with Crippen molar-refractivity contribution in [1.29, 1.82) is 0 Å². The van der Waals surface area contributed by atoms with E-state index in [0.717, 1.165) is 71.0 Å². The molecule has 0 aromatic carbocycles. The fourth-order valence-corrected chi connectivity index (χ4v) is 17.8. The fourth-order valence-electron chi connectivity index (χ4n) is 17.8. The van der Waals surface area contributed by atoms with Gasteiger partial charge in [0.25, 0.3) is 0 Å². The van der Waals surface area contributed by atoms with Crippen molar-refractivity contribution in [2.75, 3.05) is 0 Å². The zero-order valence-electron chi connectivity index (χ0n) is 38.2. The molecule has 8 aliphatic rings. The van der Waals surface area contributed by atoms with Gasteiger partial charge in [-0.05, 0) is 195 Å². The van der Waals surface area contributed by atoms with Gasteiger partial charge in [-0.2, -0.15) is 0 Å². The molecular weight excluding hydrogens is 665 g/mol. The van der Waals surface area contributed by atoms with Crippen LogP contribution < -0.4 is 0 Å². The molecule has 6 saturated carbocycles. The minimum absolute atomic E-state index is 0.428. The number of fused-ring (bicyclic) bond motifs is 10. The first-order valence-electron chi connectivity index (χ1n) is 25.2. The summed E-state index contributed by atoms with van der Waals surface area (Å²) in [5.74, 6) is 11.1. The van der Waals surface area contributed by atoms with Crippen LogP contribution in [-0.2, 0) is 4.74 Å². The van der Waals surface area contributed by atoms with E-state index in [2.05, 4.69) is 81.4 Å². The molecule has 0 spiro atoms. The number of allylic oxidation sites excluding steroid dienone is 2. The van der Waals surface area contributed by atoms with E-state index >= 15 is 0 Å². The summed E-state index contributed by atoms with van der Waals surface area (Å²) in [6.45, 7) is 25.9. The highest BCUT2D eigenvalue weighted by Crippen LogP contribution is 2.69. The van der Waals surface area contributed by atoms with Crippen LogP contribution in [0.5, 0.6) is 0 Å². The van der Waals surface area contributed by atoms with Gasteiger partial charge < -0.3 is 4.74 Å². The Hall–Kier alpha value is -0.560. The van der Waals surface area contributed by atoms with Crippen LogP contribution in [0.25, 0.3) is 0 Å². The van der Waals surface area contributed by atoms with Crippen molar-refractivity contribution in [2.45, 2.75) is 223 Å². The topological polar surface area (TPSA) is 9.23 Å². The molecule has 1 heteroatoms. The van der Waals surface area contributed by atoms with Gasteiger partial charge in [0, 0.05) is 0 Å². The summed E-state index contributed by atoms with van der Waals surface area (Å²) in [6, 6.07) is 0. The van der Waals surface area contributed by atoms with Crippen molar-refractivity contribution < 1.29 is 4.74 Å². The molecule has 8 rings (SSSR count). The van der Waals surface area contributed by atoms with Gasteiger partial charge >= 0.3 is 0 Å². The van der Waals surface area contributed by atoms with E-state index in [-0.39, 0.29) is 0 Å². The van der Waals surface area contributed by atoms with Gasteiger partial charge in [-0.3, -0.25) is 0 Å². The lowest BCUT2D eigenvalue weighted by atomic mass is 9.46. The highest BCUT2D eigenvalue weighted by molar-refractivity contribution is 5.27. The fraction of sp³-hybridized carbons (Fsp3) is 0.926. The molecule has 0 aromatic rings. The number of ether oxygens (including phenoxy) is 1. The first kappa shape index (κ1) is 41.2. The summed E-state index contributed by atoms with van der Waals surface area (Å²) >= 11 is 0. The molecule has 0 N–H and O–H groups in total. The van der Waals surface area contributed by atoms with Crippen LogP contribution >= 0.6 is 0 Å². The van der Waals surface area contributed by atoms with Crippen LogP contribution in [0.1, 0.15) is 210 Å². The average molecular weight is 755 g/mol. The van der Waals surface area contributed by atoms with Gasteiger partial charge in [-0.1, -0.05) is 131 Å². The normalized spacial score (nSPS) is 47.5. The maximum atomic E-state index is 7.26. The Morgan fingerprint density at radius 1 is 0.509 bits per heavy atom. The SMILES string of the molecule is CC(C)CCC[C@@H](C)[C@@H]1CC[C@@H]2[C@H]3CC=C4C[C@@H](O[C@H]5CC[C@]6(C)C(=CC[C@@H]7[C@H]6CC[C@]6(C)[C@H]7CC[C@H]6[C@@H](C)CCCC(C)C)C5)CC[C@]4(C)[C@@H]3CC[C@@]21C. The van der Waals surface area contributed by atoms with Crippen LogP contribution in [0.3, 0.4) is 0 Å². The van der Waals surface area contributed by atoms with Crippen LogP contribution in [0.4, 0.5) is 0 Å². The second-order valence-electron chi connectivity index (χ2n) is 24.4. The quantitative estimate of drug-likeness (QED) is 0.180. The summed E-state index contributed by atoms with van der Waals surface area (Å²) < 4.78 is 7.26. The predicted molar refractivity (Wildman–Crippen MR) is 235 cm³/mol. The van der Waals surface area contributed by atoms with Crippen molar-refractivity contribution in [3.05, 3.63) is 23.3 Å². The third kappa shape index (κ3) is 7.27. The Morgan fingerprint density at radius 2 is 0.927 bits per heavy atom. The molecular formula is C54H90O. The lowest BCUT2D eigenvalue weighted by Crippen LogP contribution is -2.52. The van der Waals surface area contributed by atoms with Gasteiger partial charge in [-0.25, -0.2) is 0 Å². The van der Waals surface area contributed by atoms with Gasteiger partial charge in [0.1, 0.15) is 0 Å². The Balaban J connectivity index is 0.872. The maximum Gasteiger partial charge on any atom is 0.0616 e. The van der Waals surface area contributed by atoms with Gasteiger partial charge in [0.2, 0.25) is 0 Å². The van der Waals surface area contributed by atoms with Crippen molar-refractivity contribution in [3.63, 3.8) is 0 Å². The molecule has 0 bridgehead atoms. The van der Waals surface area contributed by atoms with Crippen LogP contribution in [-0.4, -0.2) is 12.2 Å². The Bertz CT molecular complexity index is 1300. The number of hydrogen-bond acceptors (Lipinski definition) is 1. The minimum Gasteiger partial charge on any atom is -0.374 e. The Morgan fingerprint density at radius 3 is 1.33 bits per heavy atom. The molecule has 0 saturated heterocycles. The zero-order valence-corrected chi connectivity index (χ0v) is 38.2. The summed E-state index contributed by atoms with van der Waals surface area (Å²) in [5, 5.41) is 0. The molecule has 1 nitrogen and oxygen atoms in total. The van der Waals surface area contributed by atoms with Crippen molar-refractivity contribution >= 4 is 0 Å². The molecule has 312 valence electrons. The third-order valence-corrected chi connectivity index (χ3v) is 20.9. The zero-order chi connectivity index (χ0) is 38.9. The van der Waals surface area contributed by atoms with Crippen molar-refractivity contribution in [2.24, 2.45) is 92.7 Å². The van der Waals surface area contributed by atoms with Crippen LogP contribution in [0, 0.1) is 92.7 Å². The van der Waals surface area contributed by atoms with Gasteiger partial charge in [0.05, 0.1) is 12.2 Å². The predicted octanol–water partition coefficient (Wildman–Crippen LogP) is 15.8. The summed E-state index contributed by atoms with van der Waals surface area (Å²) in [7, 11) is 0. The highest BCUT2D eigenvalue weighted by Gasteiger charge is 2.61. The number of rotatable bonds is 12. The highest BCUT2D eigenvalue weighted by atomic mass is 16.5. The molecule has 0 radical (unpaired) electrons. The van der Waals surface area contributed by atoms with Gasteiger partial charge in [0.15, 0.2) is 0 Å². The standard InChI is InChI=1S/C54H90O/c1-35(2)13-11-15-37(5)45-21-23-47-43-19-17-39-33-41(25-29-51(39,7)49(43)27-31-53(45,47)9)55-42-26-30-52(8)40(34-42)18-20-44-48-24-22-46(38(6)16-12-14-36(3)4)54(48,10)32-28-50(44)52/h17-18,35-38,41-50H,11-16,19-34H2,1-10H3/t37-,38+,41-,42-,43-,44+,45-,46-,47-,48+,49+,50+,51+,52-,53-,54+/m0/s1. The van der Waals surface area contributed by atoms with E-state index < -0.39 is 0 Å². The molecule has 6 fully saturated rings. The monoisotopic (exact) mass is 755 g/mol. The molecule has 0 heterocycles.